The van der Waals surface area contributed by atoms with Gasteiger partial charge in [0, 0.05) is 10.4 Å². The topological polar surface area (TPSA) is 63.3 Å². The van der Waals surface area contributed by atoms with Gasteiger partial charge in [-0.1, -0.05) is 29.8 Å². The molecule has 2 rings (SSSR count). The molecule has 3 nitrogen and oxygen atoms in total. The summed E-state index contributed by atoms with van der Waals surface area (Å²) in [6, 6.07) is 7.33. The van der Waals surface area contributed by atoms with Crippen LogP contribution >= 0.6 is 11.6 Å². The Morgan fingerprint density at radius 3 is 2.50 bits per heavy atom. The van der Waals surface area contributed by atoms with Gasteiger partial charge in [0.25, 0.3) is 0 Å². The van der Waals surface area contributed by atoms with Crippen LogP contribution in [0.1, 0.15) is 25.3 Å². The summed E-state index contributed by atoms with van der Waals surface area (Å²) in [6.07, 6.45) is 1.55. The number of carboxylic acids is 1. The molecule has 1 aliphatic carbocycles. The van der Waals surface area contributed by atoms with Gasteiger partial charge in [0.05, 0.1) is 0 Å². The summed E-state index contributed by atoms with van der Waals surface area (Å²) >= 11 is 6.11. The number of halogens is 1. The molecule has 0 amide bonds. The van der Waals surface area contributed by atoms with Crippen molar-refractivity contribution in [1.82, 2.24) is 0 Å². The third-order valence-corrected chi connectivity index (χ3v) is 3.91. The van der Waals surface area contributed by atoms with Crippen LogP contribution in [-0.2, 0) is 10.2 Å². The van der Waals surface area contributed by atoms with E-state index in [1.54, 1.807) is 13.0 Å². The van der Waals surface area contributed by atoms with Gasteiger partial charge in [0.1, 0.15) is 5.54 Å². The molecule has 1 atom stereocenters. The lowest BCUT2D eigenvalue weighted by molar-refractivity contribution is -0.144. The molecule has 1 aromatic rings. The second-order valence-electron chi connectivity index (χ2n) is 4.57. The van der Waals surface area contributed by atoms with Crippen LogP contribution in [-0.4, -0.2) is 16.6 Å². The molecule has 1 unspecified atom stereocenters. The lowest BCUT2D eigenvalue weighted by Gasteiger charge is -2.31. The molecule has 1 fully saturated rings. The third-order valence-electron chi connectivity index (χ3n) is 3.58. The summed E-state index contributed by atoms with van der Waals surface area (Å²) in [5.74, 6) is -0.982. The zero-order valence-corrected chi connectivity index (χ0v) is 9.79. The van der Waals surface area contributed by atoms with E-state index in [4.69, 9.17) is 17.3 Å². The summed E-state index contributed by atoms with van der Waals surface area (Å²) in [7, 11) is 0. The first-order chi connectivity index (χ1) is 7.42. The van der Waals surface area contributed by atoms with Gasteiger partial charge >= 0.3 is 5.97 Å². The zero-order valence-electron chi connectivity index (χ0n) is 9.03. The molecule has 1 saturated carbocycles. The minimum absolute atomic E-state index is 0.503. The van der Waals surface area contributed by atoms with E-state index in [1.165, 1.54) is 0 Å². The average Bonchev–Trinajstić information content (AvgIpc) is 2.99. The Labute approximate surface area is 99.2 Å². The molecule has 16 heavy (non-hydrogen) atoms. The standard InChI is InChI=1S/C12H14ClNO2/c1-11(14,10(15)16)12(6-7-12)8-4-2-3-5-9(8)13/h2-5H,6-7,14H2,1H3,(H,15,16). The van der Waals surface area contributed by atoms with E-state index in [-0.39, 0.29) is 0 Å². The number of hydrogen-bond donors (Lipinski definition) is 2. The first kappa shape index (κ1) is 11.4. The van der Waals surface area contributed by atoms with Crippen molar-refractivity contribution < 1.29 is 9.90 Å². The Hall–Kier alpha value is -1.06. The van der Waals surface area contributed by atoms with E-state index in [1.807, 2.05) is 18.2 Å². The second kappa shape index (κ2) is 3.47. The average molecular weight is 240 g/mol. The van der Waals surface area contributed by atoms with Gasteiger partial charge in [0.2, 0.25) is 0 Å². The van der Waals surface area contributed by atoms with E-state index < -0.39 is 16.9 Å². The molecule has 0 aliphatic heterocycles. The fourth-order valence-electron chi connectivity index (χ4n) is 2.25. The van der Waals surface area contributed by atoms with Crippen molar-refractivity contribution in [3.8, 4) is 0 Å². The fraction of sp³-hybridized carbons (Fsp3) is 0.417. The highest BCUT2D eigenvalue weighted by Crippen LogP contribution is 2.56. The molecule has 0 heterocycles. The lowest BCUT2D eigenvalue weighted by Crippen LogP contribution is -2.55. The highest BCUT2D eigenvalue weighted by atomic mass is 35.5. The maximum atomic E-state index is 11.2. The lowest BCUT2D eigenvalue weighted by atomic mass is 9.78. The Morgan fingerprint density at radius 1 is 1.50 bits per heavy atom. The van der Waals surface area contributed by atoms with Crippen LogP contribution in [0.25, 0.3) is 0 Å². The quantitative estimate of drug-likeness (QED) is 0.850. The van der Waals surface area contributed by atoms with Gasteiger partial charge in [-0.2, -0.15) is 0 Å². The van der Waals surface area contributed by atoms with E-state index in [0.717, 1.165) is 18.4 Å². The maximum absolute atomic E-state index is 11.2. The Balaban J connectivity index is 2.49. The molecule has 0 bridgehead atoms. The molecule has 1 aliphatic rings. The molecule has 86 valence electrons. The molecular weight excluding hydrogens is 226 g/mol. The van der Waals surface area contributed by atoms with Gasteiger partial charge in [-0.25, -0.2) is 0 Å². The Morgan fingerprint density at radius 2 is 2.06 bits per heavy atom. The van der Waals surface area contributed by atoms with Crippen LogP contribution in [0, 0.1) is 0 Å². The van der Waals surface area contributed by atoms with Crippen molar-refractivity contribution >= 4 is 17.6 Å². The molecule has 0 aromatic heterocycles. The first-order valence-corrected chi connectivity index (χ1v) is 5.57. The number of benzene rings is 1. The predicted octanol–water partition coefficient (Wildman–Crippen LogP) is 2.17. The first-order valence-electron chi connectivity index (χ1n) is 5.19. The Bertz CT molecular complexity index is 438. The van der Waals surface area contributed by atoms with E-state index >= 15 is 0 Å². The SMILES string of the molecule is CC(N)(C(=O)O)C1(c2ccccc2Cl)CC1. The van der Waals surface area contributed by atoms with E-state index in [2.05, 4.69) is 0 Å². The summed E-state index contributed by atoms with van der Waals surface area (Å²) in [5, 5.41) is 9.80. The van der Waals surface area contributed by atoms with Crippen LogP contribution in [0.4, 0.5) is 0 Å². The largest absolute Gasteiger partial charge is 0.480 e. The number of rotatable bonds is 3. The molecule has 3 N–H and O–H groups in total. The van der Waals surface area contributed by atoms with Crippen molar-refractivity contribution in [2.45, 2.75) is 30.7 Å². The summed E-state index contributed by atoms with van der Waals surface area (Å²) in [4.78, 5) is 11.2. The minimum Gasteiger partial charge on any atom is -0.480 e. The van der Waals surface area contributed by atoms with Crippen molar-refractivity contribution in [2.24, 2.45) is 5.73 Å². The highest BCUT2D eigenvalue weighted by Gasteiger charge is 2.60. The van der Waals surface area contributed by atoms with Crippen molar-refractivity contribution in [1.29, 1.82) is 0 Å². The normalized spacial score (nSPS) is 21.2. The number of hydrogen-bond acceptors (Lipinski definition) is 2. The zero-order chi connectivity index (χ0) is 12.0. The van der Waals surface area contributed by atoms with Gasteiger partial charge in [-0.15, -0.1) is 0 Å². The van der Waals surface area contributed by atoms with Crippen molar-refractivity contribution in [3.05, 3.63) is 34.9 Å². The van der Waals surface area contributed by atoms with E-state index in [0.29, 0.717) is 5.02 Å². The number of carboxylic acid groups (broad SMARTS) is 1. The molecular formula is C12H14ClNO2. The maximum Gasteiger partial charge on any atom is 0.324 e. The number of aliphatic carboxylic acids is 1. The van der Waals surface area contributed by atoms with Crippen molar-refractivity contribution in [2.75, 3.05) is 0 Å². The summed E-state index contributed by atoms with van der Waals surface area (Å²) < 4.78 is 0. The van der Waals surface area contributed by atoms with Crippen LogP contribution < -0.4 is 5.73 Å². The van der Waals surface area contributed by atoms with Crippen LogP contribution in [0.2, 0.25) is 5.02 Å². The fourth-order valence-corrected chi connectivity index (χ4v) is 2.56. The van der Waals surface area contributed by atoms with Crippen LogP contribution in [0.15, 0.2) is 24.3 Å². The van der Waals surface area contributed by atoms with Gasteiger partial charge in [0.15, 0.2) is 0 Å². The highest BCUT2D eigenvalue weighted by molar-refractivity contribution is 6.31. The Kier molecular flexibility index (Phi) is 2.48. The number of carbonyl (C=O) groups is 1. The summed E-state index contributed by atoms with van der Waals surface area (Å²) in [5.41, 5.74) is 5.02. The number of nitrogens with two attached hydrogens (primary N) is 1. The van der Waals surface area contributed by atoms with Gasteiger partial charge < -0.3 is 10.8 Å². The molecule has 0 radical (unpaired) electrons. The molecule has 1 aromatic carbocycles. The van der Waals surface area contributed by atoms with E-state index in [9.17, 15) is 9.90 Å². The van der Waals surface area contributed by atoms with Crippen molar-refractivity contribution in [3.63, 3.8) is 0 Å². The molecule has 0 spiro atoms. The monoisotopic (exact) mass is 239 g/mol. The minimum atomic E-state index is -1.27. The molecule has 4 heteroatoms. The van der Waals surface area contributed by atoms with Gasteiger partial charge in [-0.05, 0) is 31.4 Å². The third kappa shape index (κ3) is 1.43. The van der Waals surface area contributed by atoms with Gasteiger partial charge in [-0.3, -0.25) is 4.79 Å². The second-order valence-corrected chi connectivity index (χ2v) is 4.98. The van der Waals surface area contributed by atoms with Crippen LogP contribution in [0.3, 0.4) is 0 Å². The smallest absolute Gasteiger partial charge is 0.324 e. The summed E-state index contributed by atoms with van der Waals surface area (Å²) in [6.45, 7) is 1.56. The van der Waals surface area contributed by atoms with Crippen LogP contribution in [0.5, 0.6) is 0 Å². The predicted molar refractivity (Wildman–Crippen MR) is 62.6 cm³/mol. The molecule has 0 saturated heterocycles.